The second-order valence-corrected chi connectivity index (χ2v) is 4.59. The molecular formula is C10H17N3O2. The maximum Gasteiger partial charge on any atom is 0.303 e. The van der Waals surface area contributed by atoms with Crippen molar-refractivity contribution in [2.45, 2.75) is 45.6 Å². The van der Waals surface area contributed by atoms with Crippen LogP contribution in [0.5, 0.6) is 0 Å². The van der Waals surface area contributed by atoms with Crippen molar-refractivity contribution in [3.05, 3.63) is 11.9 Å². The first kappa shape index (κ1) is 11.7. The summed E-state index contributed by atoms with van der Waals surface area (Å²) in [6, 6.07) is 0. The van der Waals surface area contributed by atoms with E-state index < -0.39 is 5.97 Å². The molecule has 1 N–H and O–H groups in total. The van der Waals surface area contributed by atoms with Crippen molar-refractivity contribution in [1.29, 1.82) is 0 Å². The topological polar surface area (TPSA) is 68.0 Å². The summed E-state index contributed by atoms with van der Waals surface area (Å²) in [6.07, 6.45) is 2.49. The number of carbonyl (C=O) groups is 1. The van der Waals surface area contributed by atoms with E-state index in [4.69, 9.17) is 5.11 Å². The molecule has 84 valence electrons. The van der Waals surface area contributed by atoms with Gasteiger partial charge in [-0.1, -0.05) is 26.0 Å². The van der Waals surface area contributed by atoms with Crippen molar-refractivity contribution in [3.63, 3.8) is 0 Å². The zero-order valence-electron chi connectivity index (χ0n) is 9.40. The van der Waals surface area contributed by atoms with Gasteiger partial charge in [-0.2, -0.15) is 0 Å². The third kappa shape index (κ3) is 3.34. The summed E-state index contributed by atoms with van der Waals surface area (Å²) < 4.78 is 1.78. The average molecular weight is 211 g/mol. The molecule has 1 aromatic rings. The SMILES string of the molecule is CC(C)(C)c1cnnn1CCCC(=O)O. The van der Waals surface area contributed by atoms with E-state index in [1.54, 1.807) is 10.9 Å². The predicted molar refractivity (Wildman–Crippen MR) is 55.6 cm³/mol. The summed E-state index contributed by atoms with van der Waals surface area (Å²) in [4.78, 5) is 10.4. The van der Waals surface area contributed by atoms with Crippen LogP contribution >= 0.6 is 0 Å². The van der Waals surface area contributed by atoms with Gasteiger partial charge in [0.15, 0.2) is 0 Å². The largest absolute Gasteiger partial charge is 0.481 e. The summed E-state index contributed by atoms with van der Waals surface area (Å²) in [7, 11) is 0. The number of aliphatic carboxylic acids is 1. The molecule has 0 aliphatic heterocycles. The average Bonchev–Trinajstić information content (AvgIpc) is 2.50. The molecule has 0 saturated heterocycles. The number of nitrogens with zero attached hydrogens (tertiary/aromatic N) is 3. The molecule has 0 bridgehead atoms. The molecule has 0 atom stereocenters. The third-order valence-corrected chi connectivity index (χ3v) is 2.15. The maximum absolute atomic E-state index is 10.4. The van der Waals surface area contributed by atoms with Crippen molar-refractivity contribution < 1.29 is 9.90 Å². The van der Waals surface area contributed by atoms with Crippen LogP contribution in [0.2, 0.25) is 0 Å². The lowest BCUT2D eigenvalue weighted by molar-refractivity contribution is -0.137. The Morgan fingerprint density at radius 3 is 2.73 bits per heavy atom. The molecule has 0 aliphatic rings. The van der Waals surface area contributed by atoms with E-state index in [-0.39, 0.29) is 11.8 Å². The Labute approximate surface area is 89.1 Å². The number of rotatable bonds is 4. The van der Waals surface area contributed by atoms with Gasteiger partial charge in [0.2, 0.25) is 0 Å². The number of aryl methyl sites for hydroxylation is 1. The van der Waals surface area contributed by atoms with Crippen LogP contribution < -0.4 is 0 Å². The quantitative estimate of drug-likeness (QED) is 0.818. The fourth-order valence-electron chi connectivity index (χ4n) is 1.38. The van der Waals surface area contributed by atoms with Crippen molar-refractivity contribution >= 4 is 5.97 Å². The highest BCUT2D eigenvalue weighted by Gasteiger charge is 2.19. The van der Waals surface area contributed by atoms with Crippen LogP contribution in [0.4, 0.5) is 0 Å². The lowest BCUT2D eigenvalue weighted by Crippen LogP contribution is -2.18. The maximum atomic E-state index is 10.4. The van der Waals surface area contributed by atoms with Gasteiger partial charge in [-0.25, -0.2) is 4.68 Å². The van der Waals surface area contributed by atoms with Crippen molar-refractivity contribution in [2.75, 3.05) is 0 Å². The van der Waals surface area contributed by atoms with Gasteiger partial charge in [0.05, 0.1) is 11.9 Å². The number of hydrogen-bond donors (Lipinski definition) is 1. The highest BCUT2D eigenvalue weighted by molar-refractivity contribution is 5.66. The van der Waals surface area contributed by atoms with E-state index in [0.717, 1.165) is 5.69 Å². The molecule has 0 aliphatic carbocycles. The zero-order chi connectivity index (χ0) is 11.5. The minimum absolute atomic E-state index is 0.00722. The number of carboxylic acids is 1. The second kappa shape index (κ2) is 4.42. The second-order valence-electron chi connectivity index (χ2n) is 4.59. The molecule has 1 aromatic heterocycles. The Balaban J connectivity index is 2.62. The van der Waals surface area contributed by atoms with E-state index in [1.807, 2.05) is 0 Å². The minimum atomic E-state index is -0.771. The van der Waals surface area contributed by atoms with Crippen molar-refractivity contribution in [1.82, 2.24) is 15.0 Å². The predicted octanol–water partition coefficient (Wildman–Crippen LogP) is 1.44. The minimum Gasteiger partial charge on any atom is -0.481 e. The lowest BCUT2D eigenvalue weighted by atomic mass is 9.93. The molecule has 1 heterocycles. The van der Waals surface area contributed by atoms with Crippen LogP contribution in [0.15, 0.2) is 6.20 Å². The number of hydrogen-bond acceptors (Lipinski definition) is 3. The van der Waals surface area contributed by atoms with Crippen LogP contribution in [0.3, 0.4) is 0 Å². The highest BCUT2D eigenvalue weighted by atomic mass is 16.4. The van der Waals surface area contributed by atoms with Gasteiger partial charge in [-0.15, -0.1) is 5.10 Å². The van der Waals surface area contributed by atoms with Crippen molar-refractivity contribution in [2.24, 2.45) is 0 Å². The molecule has 5 heteroatoms. The fourth-order valence-corrected chi connectivity index (χ4v) is 1.38. The highest BCUT2D eigenvalue weighted by Crippen LogP contribution is 2.20. The van der Waals surface area contributed by atoms with Crippen LogP contribution in [0, 0.1) is 0 Å². The van der Waals surface area contributed by atoms with E-state index in [2.05, 4.69) is 31.1 Å². The molecule has 1 rings (SSSR count). The monoisotopic (exact) mass is 211 g/mol. The van der Waals surface area contributed by atoms with Gasteiger partial charge in [-0.3, -0.25) is 4.79 Å². The summed E-state index contributed by atoms with van der Waals surface area (Å²) in [5.41, 5.74) is 1.03. The van der Waals surface area contributed by atoms with E-state index >= 15 is 0 Å². The Hall–Kier alpha value is -1.39. The molecule has 15 heavy (non-hydrogen) atoms. The molecule has 0 unspecified atom stereocenters. The number of carboxylic acid groups (broad SMARTS) is 1. The third-order valence-electron chi connectivity index (χ3n) is 2.15. The van der Waals surface area contributed by atoms with Gasteiger partial charge >= 0.3 is 5.97 Å². The Kier molecular flexibility index (Phi) is 3.44. The summed E-state index contributed by atoms with van der Waals surface area (Å²) in [5.74, 6) is -0.771. The summed E-state index contributed by atoms with van der Waals surface area (Å²) in [5, 5.41) is 16.3. The Bertz CT molecular complexity index is 339. The first-order chi connectivity index (χ1) is 6.91. The van der Waals surface area contributed by atoms with Gasteiger partial charge in [0.25, 0.3) is 0 Å². The van der Waals surface area contributed by atoms with Crippen LogP contribution in [-0.2, 0) is 16.8 Å². The smallest absolute Gasteiger partial charge is 0.303 e. The molecule has 0 saturated carbocycles. The standard InChI is InChI=1S/C10H17N3O2/c1-10(2,3)8-7-11-12-13(8)6-4-5-9(14)15/h7H,4-6H2,1-3H3,(H,14,15). The molecule has 5 nitrogen and oxygen atoms in total. The van der Waals surface area contributed by atoms with Gasteiger partial charge in [-0.05, 0) is 6.42 Å². The molecule has 0 fully saturated rings. The van der Waals surface area contributed by atoms with E-state index in [0.29, 0.717) is 13.0 Å². The van der Waals surface area contributed by atoms with Crippen LogP contribution in [0.25, 0.3) is 0 Å². The normalized spacial score (nSPS) is 11.7. The van der Waals surface area contributed by atoms with Gasteiger partial charge < -0.3 is 5.11 Å². The molecule has 0 spiro atoms. The molecular weight excluding hydrogens is 194 g/mol. The first-order valence-corrected chi connectivity index (χ1v) is 5.02. The fraction of sp³-hybridized carbons (Fsp3) is 0.700. The van der Waals surface area contributed by atoms with E-state index in [1.165, 1.54) is 0 Å². The molecule has 0 aromatic carbocycles. The lowest BCUT2D eigenvalue weighted by Gasteiger charge is -2.18. The van der Waals surface area contributed by atoms with Crippen molar-refractivity contribution in [3.8, 4) is 0 Å². The summed E-state index contributed by atoms with van der Waals surface area (Å²) >= 11 is 0. The Morgan fingerprint density at radius 1 is 1.53 bits per heavy atom. The van der Waals surface area contributed by atoms with Crippen LogP contribution in [-0.4, -0.2) is 26.1 Å². The molecule has 0 radical (unpaired) electrons. The van der Waals surface area contributed by atoms with E-state index in [9.17, 15) is 4.79 Å². The summed E-state index contributed by atoms with van der Waals surface area (Å²) in [6.45, 7) is 6.86. The van der Waals surface area contributed by atoms with Crippen LogP contribution in [0.1, 0.15) is 39.3 Å². The van der Waals surface area contributed by atoms with Gasteiger partial charge in [0.1, 0.15) is 0 Å². The first-order valence-electron chi connectivity index (χ1n) is 5.02. The number of aromatic nitrogens is 3. The van der Waals surface area contributed by atoms with Gasteiger partial charge in [0, 0.05) is 18.4 Å². The Morgan fingerprint density at radius 2 is 2.20 bits per heavy atom. The molecule has 0 amide bonds. The zero-order valence-corrected chi connectivity index (χ0v) is 9.40.